The van der Waals surface area contributed by atoms with Crippen molar-refractivity contribution in [1.82, 2.24) is 4.90 Å². The van der Waals surface area contributed by atoms with E-state index in [9.17, 15) is 13.2 Å². The fourth-order valence-corrected chi connectivity index (χ4v) is 3.71. The second kappa shape index (κ2) is 6.88. The highest BCUT2D eigenvalue weighted by Crippen LogP contribution is 2.22. The van der Waals surface area contributed by atoms with Gasteiger partial charge in [0.15, 0.2) is 0 Å². The Morgan fingerprint density at radius 2 is 1.96 bits per heavy atom. The first-order valence-electron chi connectivity index (χ1n) is 7.75. The van der Waals surface area contributed by atoms with E-state index < -0.39 is 10.0 Å². The molecule has 0 radical (unpaired) electrons. The Hall–Kier alpha value is -1.60. The van der Waals surface area contributed by atoms with Crippen molar-refractivity contribution in [3.63, 3.8) is 0 Å². The number of ether oxygens (including phenoxy) is 1. The molecule has 0 spiro atoms. The highest BCUT2D eigenvalue weighted by molar-refractivity contribution is 7.92. The van der Waals surface area contributed by atoms with E-state index in [-0.39, 0.29) is 17.2 Å². The number of nitrogens with zero attached hydrogens (tertiary/aromatic N) is 1. The maximum atomic E-state index is 12.6. The summed E-state index contributed by atoms with van der Waals surface area (Å²) in [5, 5.41) is 0. The Balaban J connectivity index is 2.11. The smallest absolute Gasteiger partial charge is 0.254 e. The molecule has 0 unspecified atom stereocenters. The fourth-order valence-electron chi connectivity index (χ4n) is 2.57. The van der Waals surface area contributed by atoms with Gasteiger partial charge in [0.1, 0.15) is 0 Å². The SMILES string of the molecule is CCCS(=O)(=O)Nc1ccc(C(=O)N2CCOCC2(C)C)cc1. The van der Waals surface area contributed by atoms with Crippen molar-refractivity contribution in [3.05, 3.63) is 29.8 Å². The quantitative estimate of drug-likeness (QED) is 0.890. The third-order valence-corrected chi connectivity index (χ3v) is 5.26. The molecular formula is C16H24N2O4S. The highest BCUT2D eigenvalue weighted by Gasteiger charge is 2.34. The molecule has 1 heterocycles. The number of hydrogen-bond donors (Lipinski definition) is 1. The summed E-state index contributed by atoms with van der Waals surface area (Å²) in [5.41, 5.74) is 0.658. The van der Waals surface area contributed by atoms with Gasteiger partial charge in [0.05, 0.1) is 24.5 Å². The number of rotatable bonds is 5. The van der Waals surface area contributed by atoms with Gasteiger partial charge in [0.25, 0.3) is 5.91 Å². The van der Waals surface area contributed by atoms with E-state index in [0.29, 0.717) is 37.4 Å². The molecular weight excluding hydrogens is 316 g/mol. The standard InChI is InChI=1S/C16H24N2O4S/c1-4-11-23(20,21)17-14-7-5-13(6-8-14)15(19)18-9-10-22-12-16(18,2)3/h5-8,17H,4,9-12H2,1-3H3. The Morgan fingerprint density at radius 1 is 1.30 bits per heavy atom. The lowest BCUT2D eigenvalue weighted by Gasteiger charge is -2.42. The molecule has 1 amide bonds. The topological polar surface area (TPSA) is 75.7 Å². The van der Waals surface area contributed by atoms with E-state index in [1.165, 1.54) is 0 Å². The maximum absolute atomic E-state index is 12.6. The van der Waals surface area contributed by atoms with Crippen LogP contribution in [0.3, 0.4) is 0 Å². The number of hydrogen-bond acceptors (Lipinski definition) is 4. The minimum atomic E-state index is -3.32. The number of nitrogens with one attached hydrogen (secondary N) is 1. The van der Waals surface area contributed by atoms with Crippen molar-refractivity contribution in [2.75, 3.05) is 30.2 Å². The largest absolute Gasteiger partial charge is 0.377 e. The molecule has 6 nitrogen and oxygen atoms in total. The number of carbonyl (C=O) groups excluding carboxylic acids is 1. The first kappa shape index (κ1) is 17.7. The molecule has 1 aliphatic heterocycles. The number of morpholine rings is 1. The Morgan fingerprint density at radius 3 is 2.52 bits per heavy atom. The third-order valence-electron chi connectivity index (χ3n) is 3.77. The van der Waals surface area contributed by atoms with Crippen LogP contribution in [0.2, 0.25) is 0 Å². The normalized spacial score (nSPS) is 17.8. The summed E-state index contributed by atoms with van der Waals surface area (Å²) in [4.78, 5) is 14.4. The van der Waals surface area contributed by atoms with E-state index in [2.05, 4.69) is 4.72 Å². The molecule has 1 aromatic carbocycles. The number of benzene rings is 1. The summed E-state index contributed by atoms with van der Waals surface area (Å²) in [7, 11) is -3.32. The first-order chi connectivity index (χ1) is 10.7. The summed E-state index contributed by atoms with van der Waals surface area (Å²) in [6.45, 7) is 7.34. The fraction of sp³-hybridized carbons (Fsp3) is 0.562. The van der Waals surface area contributed by atoms with E-state index >= 15 is 0 Å². The van der Waals surface area contributed by atoms with Crippen molar-refractivity contribution in [1.29, 1.82) is 0 Å². The summed E-state index contributed by atoms with van der Waals surface area (Å²) < 4.78 is 31.4. The number of carbonyl (C=O) groups is 1. The van der Waals surface area contributed by atoms with Gasteiger partial charge in [-0.2, -0.15) is 0 Å². The second-order valence-electron chi connectivity index (χ2n) is 6.32. The van der Waals surface area contributed by atoms with Crippen molar-refractivity contribution in [2.24, 2.45) is 0 Å². The monoisotopic (exact) mass is 340 g/mol. The van der Waals surface area contributed by atoms with Crippen LogP contribution in [0.15, 0.2) is 24.3 Å². The van der Waals surface area contributed by atoms with Gasteiger partial charge in [-0.3, -0.25) is 9.52 Å². The minimum Gasteiger partial charge on any atom is -0.377 e. The lowest BCUT2D eigenvalue weighted by atomic mass is 10.0. The van der Waals surface area contributed by atoms with Gasteiger partial charge < -0.3 is 9.64 Å². The molecule has 0 atom stereocenters. The highest BCUT2D eigenvalue weighted by atomic mass is 32.2. The molecule has 1 fully saturated rings. The predicted octanol–water partition coefficient (Wildman–Crippen LogP) is 2.09. The zero-order valence-electron chi connectivity index (χ0n) is 13.8. The van der Waals surface area contributed by atoms with Crippen LogP contribution in [0.25, 0.3) is 0 Å². The molecule has 128 valence electrons. The minimum absolute atomic E-state index is 0.0683. The van der Waals surface area contributed by atoms with Crippen molar-refractivity contribution < 1.29 is 17.9 Å². The molecule has 23 heavy (non-hydrogen) atoms. The lowest BCUT2D eigenvalue weighted by molar-refractivity contribution is -0.0370. The molecule has 1 aliphatic rings. The van der Waals surface area contributed by atoms with Crippen LogP contribution in [0.5, 0.6) is 0 Å². The molecule has 7 heteroatoms. The van der Waals surface area contributed by atoms with Gasteiger partial charge in [-0.25, -0.2) is 8.42 Å². The zero-order valence-corrected chi connectivity index (χ0v) is 14.6. The van der Waals surface area contributed by atoms with Gasteiger partial charge in [0.2, 0.25) is 10.0 Å². The molecule has 1 saturated heterocycles. The third kappa shape index (κ3) is 4.45. The Labute approximate surface area is 137 Å². The zero-order chi connectivity index (χ0) is 17.1. The van der Waals surface area contributed by atoms with Crippen LogP contribution in [0, 0.1) is 0 Å². The van der Waals surface area contributed by atoms with Crippen LogP contribution in [0.1, 0.15) is 37.6 Å². The molecule has 0 saturated carbocycles. The maximum Gasteiger partial charge on any atom is 0.254 e. The van der Waals surface area contributed by atoms with Gasteiger partial charge in [0, 0.05) is 17.8 Å². The van der Waals surface area contributed by atoms with Gasteiger partial charge in [-0.05, 0) is 44.5 Å². The summed E-state index contributed by atoms with van der Waals surface area (Å²) in [6.07, 6.45) is 0.554. The molecule has 1 aromatic rings. The molecule has 0 aliphatic carbocycles. The molecule has 0 bridgehead atoms. The van der Waals surface area contributed by atoms with Gasteiger partial charge in [-0.15, -0.1) is 0 Å². The lowest BCUT2D eigenvalue weighted by Crippen LogP contribution is -2.55. The Kier molecular flexibility index (Phi) is 5.31. The van der Waals surface area contributed by atoms with Crippen LogP contribution in [-0.2, 0) is 14.8 Å². The van der Waals surface area contributed by atoms with Crippen molar-refractivity contribution >= 4 is 21.6 Å². The Bertz CT molecular complexity index is 653. The van der Waals surface area contributed by atoms with E-state index in [0.717, 1.165) is 0 Å². The molecule has 1 N–H and O–H groups in total. The number of anilines is 1. The van der Waals surface area contributed by atoms with Crippen LogP contribution < -0.4 is 4.72 Å². The average Bonchev–Trinajstić information content (AvgIpc) is 2.46. The van der Waals surface area contributed by atoms with Crippen molar-refractivity contribution in [3.8, 4) is 0 Å². The predicted molar refractivity (Wildman–Crippen MR) is 90.1 cm³/mol. The second-order valence-corrected chi connectivity index (χ2v) is 8.16. The van der Waals surface area contributed by atoms with E-state index in [1.54, 1.807) is 29.2 Å². The first-order valence-corrected chi connectivity index (χ1v) is 9.41. The van der Waals surface area contributed by atoms with Gasteiger partial charge in [-0.1, -0.05) is 6.92 Å². The van der Waals surface area contributed by atoms with Crippen LogP contribution in [0.4, 0.5) is 5.69 Å². The average molecular weight is 340 g/mol. The van der Waals surface area contributed by atoms with Crippen LogP contribution >= 0.6 is 0 Å². The number of amides is 1. The van der Waals surface area contributed by atoms with E-state index in [1.807, 2.05) is 20.8 Å². The summed E-state index contributed by atoms with van der Waals surface area (Å²) in [5.74, 6) is 0.0107. The van der Waals surface area contributed by atoms with Gasteiger partial charge >= 0.3 is 0 Å². The summed E-state index contributed by atoms with van der Waals surface area (Å²) >= 11 is 0. The summed E-state index contributed by atoms with van der Waals surface area (Å²) in [6, 6.07) is 6.54. The molecule has 2 rings (SSSR count). The number of sulfonamides is 1. The van der Waals surface area contributed by atoms with Crippen LogP contribution in [-0.4, -0.2) is 50.3 Å². The van der Waals surface area contributed by atoms with E-state index in [4.69, 9.17) is 4.74 Å². The van der Waals surface area contributed by atoms with Crippen molar-refractivity contribution in [2.45, 2.75) is 32.7 Å². The molecule has 0 aromatic heterocycles.